The molecule has 3 rings (SSSR count). The Morgan fingerprint density at radius 2 is 2.12 bits per heavy atom. The number of rotatable bonds is 7. The van der Waals surface area contributed by atoms with Crippen molar-refractivity contribution in [2.24, 2.45) is 0 Å². The van der Waals surface area contributed by atoms with Gasteiger partial charge in [0.1, 0.15) is 11.5 Å². The summed E-state index contributed by atoms with van der Waals surface area (Å²) in [6.07, 6.45) is 5.53. The van der Waals surface area contributed by atoms with E-state index in [1.54, 1.807) is 12.4 Å². The summed E-state index contributed by atoms with van der Waals surface area (Å²) in [7, 11) is 0. The van der Waals surface area contributed by atoms with E-state index in [0.29, 0.717) is 13.1 Å². The molecule has 1 atom stereocenters. The topological polar surface area (TPSA) is 70.4 Å². The molecule has 1 saturated heterocycles. The van der Waals surface area contributed by atoms with Crippen molar-refractivity contribution in [1.29, 1.82) is 0 Å². The molecule has 1 aliphatic heterocycles. The van der Waals surface area contributed by atoms with E-state index in [2.05, 4.69) is 33.5 Å². The molecular weight excluding hydrogens is 316 g/mol. The second kappa shape index (κ2) is 8.78. The molecule has 1 amide bonds. The highest BCUT2D eigenvalue weighted by Gasteiger charge is 2.25. The number of hydrogen-bond donors (Lipinski definition) is 2. The Morgan fingerprint density at radius 1 is 1.32 bits per heavy atom. The van der Waals surface area contributed by atoms with E-state index >= 15 is 0 Å². The molecule has 0 radical (unpaired) electrons. The second-order valence-corrected chi connectivity index (χ2v) is 6.43. The summed E-state index contributed by atoms with van der Waals surface area (Å²) in [5.74, 6) is 2.05. The van der Waals surface area contributed by atoms with Crippen molar-refractivity contribution in [2.75, 3.05) is 19.6 Å². The van der Waals surface area contributed by atoms with Crippen molar-refractivity contribution < 1.29 is 9.21 Å². The summed E-state index contributed by atoms with van der Waals surface area (Å²) in [6.45, 7) is 5.82. The van der Waals surface area contributed by atoms with E-state index in [0.717, 1.165) is 49.6 Å². The maximum absolute atomic E-state index is 12.4. The Balaban J connectivity index is 1.49. The van der Waals surface area contributed by atoms with Gasteiger partial charge in [0.2, 0.25) is 5.91 Å². The van der Waals surface area contributed by atoms with E-state index in [9.17, 15) is 4.79 Å². The summed E-state index contributed by atoms with van der Waals surface area (Å²) in [6, 6.07) is 7.73. The molecule has 2 aromatic heterocycles. The van der Waals surface area contributed by atoms with Gasteiger partial charge < -0.3 is 15.1 Å². The first-order valence-corrected chi connectivity index (χ1v) is 8.94. The van der Waals surface area contributed by atoms with E-state index in [-0.39, 0.29) is 11.9 Å². The minimum atomic E-state index is -0.194. The van der Waals surface area contributed by atoms with Crippen LogP contribution in [0.3, 0.4) is 0 Å². The van der Waals surface area contributed by atoms with Gasteiger partial charge >= 0.3 is 0 Å². The minimum Gasteiger partial charge on any atom is -0.465 e. The standard InChI is InChI=1S/C19H26N4O2/c1-2-3-16-4-5-17(25-16)13-23-11-10-21-18(14-23)19(24)22-12-15-6-8-20-9-7-15/h4-9,18,21H,2-3,10-14H2,1H3,(H,22,24). The maximum atomic E-state index is 12.4. The number of aromatic nitrogens is 1. The van der Waals surface area contributed by atoms with Crippen molar-refractivity contribution in [1.82, 2.24) is 20.5 Å². The molecule has 1 fully saturated rings. The molecule has 2 aromatic rings. The highest BCUT2D eigenvalue weighted by Crippen LogP contribution is 2.13. The van der Waals surface area contributed by atoms with E-state index < -0.39 is 0 Å². The summed E-state index contributed by atoms with van der Waals surface area (Å²) in [5, 5.41) is 6.29. The summed E-state index contributed by atoms with van der Waals surface area (Å²) in [4.78, 5) is 18.7. The van der Waals surface area contributed by atoms with Gasteiger partial charge in [-0.25, -0.2) is 0 Å². The average molecular weight is 342 g/mol. The summed E-state index contributed by atoms with van der Waals surface area (Å²) >= 11 is 0. The van der Waals surface area contributed by atoms with Crippen LogP contribution >= 0.6 is 0 Å². The Morgan fingerprint density at radius 3 is 2.92 bits per heavy atom. The van der Waals surface area contributed by atoms with Crippen LogP contribution in [0.1, 0.15) is 30.4 Å². The largest absolute Gasteiger partial charge is 0.465 e. The quantitative estimate of drug-likeness (QED) is 0.802. The first-order chi connectivity index (χ1) is 12.2. The van der Waals surface area contributed by atoms with Crippen LogP contribution in [0.15, 0.2) is 41.1 Å². The van der Waals surface area contributed by atoms with Gasteiger partial charge in [-0.2, -0.15) is 0 Å². The molecular formula is C19H26N4O2. The van der Waals surface area contributed by atoms with Crippen molar-refractivity contribution in [3.8, 4) is 0 Å². The molecule has 0 saturated carbocycles. The highest BCUT2D eigenvalue weighted by molar-refractivity contribution is 5.82. The third-order valence-corrected chi connectivity index (χ3v) is 4.39. The van der Waals surface area contributed by atoms with Crippen LogP contribution in [-0.2, 0) is 24.3 Å². The smallest absolute Gasteiger partial charge is 0.238 e. The predicted molar refractivity (Wildman–Crippen MR) is 95.9 cm³/mol. The zero-order chi connectivity index (χ0) is 17.5. The zero-order valence-electron chi connectivity index (χ0n) is 14.7. The van der Waals surface area contributed by atoms with Gasteiger partial charge in [-0.1, -0.05) is 6.92 Å². The lowest BCUT2D eigenvalue weighted by molar-refractivity contribution is -0.124. The van der Waals surface area contributed by atoms with Crippen LogP contribution in [0.2, 0.25) is 0 Å². The van der Waals surface area contributed by atoms with E-state index in [4.69, 9.17) is 4.42 Å². The third kappa shape index (κ3) is 5.14. The number of pyridine rings is 1. The molecule has 6 heteroatoms. The fraction of sp³-hybridized carbons (Fsp3) is 0.474. The van der Waals surface area contributed by atoms with E-state index in [1.165, 1.54) is 0 Å². The molecule has 0 bridgehead atoms. The van der Waals surface area contributed by atoms with Gasteiger partial charge in [0.15, 0.2) is 0 Å². The summed E-state index contributed by atoms with van der Waals surface area (Å²) < 4.78 is 5.86. The molecule has 1 unspecified atom stereocenters. The van der Waals surface area contributed by atoms with Crippen LogP contribution < -0.4 is 10.6 Å². The van der Waals surface area contributed by atoms with E-state index in [1.807, 2.05) is 18.2 Å². The number of piperazine rings is 1. The molecule has 3 heterocycles. The number of hydrogen-bond acceptors (Lipinski definition) is 5. The fourth-order valence-corrected chi connectivity index (χ4v) is 3.05. The van der Waals surface area contributed by atoms with Crippen LogP contribution in [0.5, 0.6) is 0 Å². The highest BCUT2D eigenvalue weighted by atomic mass is 16.3. The number of carbonyl (C=O) groups is 1. The van der Waals surface area contributed by atoms with Gasteiger partial charge in [0, 0.05) is 45.0 Å². The Bertz CT molecular complexity index is 671. The summed E-state index contributed by atoms with van der Waals surface area (Å²) in [5.41, 5.74) is 1.05. The minimum absolute atomic E-state index is 0.0348. The molecule has 0 aromatic carbocycles. The Kier molecular flexibility index (Phi) is 6.19. The van der Waals surface area contributed by atoms with Gasteiger partial charge in [-0.05, 0) is 36.2 Å². The van der Waals surface area contributed by atoms with Crippen LogP contribution in [0.4, 0.5) is 0 Å². The van der Waals surface area contributed by atoms with Crippen LogP contribution in [-0.4, -0.2) is 41.5 Å². The first-order valence-electron chi connectivity index (χ1n) is 8.94. The van der Waals surface area contributed by atoms with Crippen molar-refractivity contribution in [3.63, 3.8) is 0 Å². The number of nitrogens with one attached hydrogen (secondary N) is 2. The van der Waals surface area contributed by atoms with Gasteiger partial charge in [-0.15, -0.1) is 0 Å². The number of furan rings is 1. The molecule has 0 spiro atoms. The average Bonchev–Trinajstić information content (AvgIpc) is 3.08. The lowest BCUT2D eigenvalue weighted by Crippen LogP contribution is -2.56. The molecule has 134 valence electrons. The monoisotopic (exact) mass is 342 g/mol. The van der Waals surface area contributed by atoms with Gasteiger partial charge in [0.25, 0.3) is 0 Å². The Labute approximate surface area is 148 Å². The molecule has 0 aliphatic carbocycles. The molecule has 1 aliphatic rings. The first kappa shape index (κ1) is 17.6. The number of amides is 1. The van der Waals surface area contributed by atoms with Crippen LogP contribution in [0, 0.1) is 0 Å². The lowest BCUT2D eigenvalue weighted by Gasteiger charge is -2.32. The van der Waals surface area contributed by atoms with Crippen molar-refractivity contribution >= 4 is 5.91 Å². The van der Waals surface area contributed by atoms with Gasteiger partial charge in [0.05, 0.1) is 12.6 Å². The second-order valence-electron chi connectivity index (χ2n) is 6.43. The van der Waals surface area contributed by atoms with Gasteiger partial charge in [-0.3, -0.25) is 14.7 Å². The normalized spacial score (nSPS) is 18.2. The SMILES string of the molecule is CCCc1ccc(CN2CCNC(C(=O)NCc3ccncc3)C2)o1. The number of carbonyl (C=O) groups excluding carboxylic acids is 1. The third-order valence-electron chi connectivity index (χ3n) is 4.39. The van der Waals surface area contributed by atoms with Crippen molar-refractivity contribution in [3.05, 3.63) is 53.7 Å². The zero-order valence-corrected chi connectivity index (χ0v) is 14.7. The number of nitrogens with zero attached hydrogens (tertiary/aromatic N) is 2. The molecule has 2 N–H and O–H groups in total. The van der Waals surface area contributed by atoms with Crippen LogP contribution in [0.25, 0.3) is 0 Å². The lowest BCUT2D eigenvalue weighted by atomic mass is 10.2. The Hall–Kier alpha value is -2.18. The fourth-order valence-electron chi connectivity index (χ4n) is 3.05. The predicted octanol–water partition coefficient (Wildman–Crippen LogP) is 1.72. The molecule has 25 heavy (non-hydrogen) atoms. The number of aryl methyl sites for hydroxylation is 1. The maximum Gasteiger partial charge on any atom is 0.238 e. The molecule has 6 nitrogen and oxygen atoms in total. The van der Waals surface area contributed by atoms with Crippen molar-refractivity contribution in [2.45, 2.75) is 38.9 Å².